The van der Waals surface area contributed by atoms with Crippen molar-refractivity contribution in [3.63, 3.8) is 0 Å². The van der Waals surface area contributed by atoms with Crippen LogP contribution in [0.4, 0.5) is 10.1 Å². The minimum atomic E-state index is -0.435. The lowest BCUT2D eigenvalue weighted by Gasteiger charge is -1.95. The van der Waals surface area contributed by atoms with Crippen molar-refractivity contribution in [3.05, 3.63) is 29.6 Å². The Morgan fingerprint density at radius 2 is 2.33 bits per heavy atom. The molecule has 4 heteroatoms. The van der Waals surface area contributed by atoms with E-state index in [0.717, 1.165) is 11.8 Å². The number of nitrogens with two attached hydrogens (primary N) is 1. The van der Waals surface area contributed by atoms with E-state index in [1.807, 2.05) is 0 Å². The van der Waals surface area contributed by atoms with Gasteiger partial charge in [0.2, 0.25) is 0 Å². The fraction of sp³-hybridized carbons (Fsp3) is 0.182. The van der Waals surface area contributed by atoms with E-state index in [2.05, 4.69) is 11.8 Å². The zero-order valence-electron chi connectivity index (χ0n) is 8.21. The molecule has 0 fully saturated rings. The third kappa shape index (κ3) is 4.05. The van der Waals surface area contributed by atoms with Gasteiger partial charge in [-0.05, 0) is 18.2 Å². The van der Waals surface area contributed by atoms with Gasteiger partial charge in [0, 0.05) is 12.6 Å². The maximum absolute atomic E-state index is 13.2. The number of carbonyl (C=O) groups excluding carboxylic acids is 1. The summed E-state index contributed by atoms with van der Waals surface area (Å²) in [4.78, 5) is 10.6. The second kappa shape index (κ2) is 5.42. The molecule has 0 saturated carbocycles. The molecule has 0 atom stereocenters. The molecular formula is C11H10FNOS. The highest BCUT2D eigenvalue weighted by molar-refractivity contribution is 8.13. The standard InChI is InChI=1S/C11H10FNOS/c1-8(14)15-6-2-3-9-4-5-10(13)7-11(9)12/h4-5,7H,6,13H2,1H3. The maximum atomic E-state index is 13.2. The molecular weight excluding hydrogens is 213 g/mol. The Morgan fingerprint density at radius 1 is 1.60 bits per heavy atom. The minimum absolute atomic E-state index is 0.00192. The Balaban J connectivity index is 2.67. The molecule has 0 radical (unpaired) electrons. The van der Waals surface area contributed by atoms with Crippen LogP contribution < -0.4 is 5.73 Å². The third-order valence-electron chi connectivity index (χ3n) is 1.56. The Morgan fingerprint density at radius 3 is 2.93 bits per heavy atom. The molecule has 0 aliphatic heterocycles. The van der Waals surface area contributed by atoms with E-state index in [1.165, 1.54) is 19.1 Å². The van der Waals surface area contributed by atoms with E-state index in [4.69, 9.17) is 5.73 Å². The quantitative estimate of drug-likeness (QED) is 0.585. The average molecular weight is 223 g/mol. The number of anilines is 1. The van der Waals surface area contributed by atoms with Gasteiger partial charge in [-0.2, -0.15) is 0 Å². The molecule has 2 nitrogen and oxygen atoms in total. The summed E-state index contributed by atoms with van der Waals surface area (Å²) in [5, 5.41) is 0.00192. The van der Waals surface area contributed by atoms with Crippen molar-refractivity contribution < 1.29 is 9.18 Å². The molecule has 0 amide bonds. The molecule has 78 valence electrons. The molecule has 15 heavy (non-hydrogen) atoms. The van der Waals surface area contributed by atoms with Gasteiger partial charge in [-0.1, -0.05) is 23.6 Å². The first-order valence-electron chi connectivity index (χ1n) is 4.27. The van der Waals surface area contributed by atoms with E-state index in [9.17, 15) is 9.18 Å². The number of rotatable bonds is 1. The zero-order valence-corrected chi connectivity index (χ0v) is 9.03. The monoisotopic (exact) mass is 223 g/mol. The largest absolute Gasteiger partial charge is 0.399 e. The van der Waals surface area contributed by atoms with E-state index >= 15 is 0 Å². The molecule has 0 aliphatic rings. The second-order valence-electron chi connectivity index (χ2n) is 2.82. The van der Waals surface area contributed by atoms with Crippen molar-refractivity contribution in [2.45, 2.75) is 6.92 Å². The van der Waals surface area contributed by atoms with E-state index in [-0.39, 0.29) is 5.12 Å². The van der Waals surface area contributed by atoms with Gasteiger partial charge in [0.25, 0.3) is 0 Å². The van der Waals surface area contributed by atoms with Crippen molar-refractivity contribution in [1.29, 1.82) is 0 Å². The third-order valence-corrected chi connectivity index (χ3v) is 2.26. The van der Waals surface area contributed by atoms with Crippen molar-refractivity contribution in [3.8, 4) is 11.8 Å². The molecule has 0 unspecified atom stereocenters. The molecule has 0 heterocycles. The van der Waals surface area contributed by atoms with Gasteiger partial charge < -0.3 is 5.73 Å². The highest BCUT2D eigenvalue weighted by Crippen LogP contribution is 2.10. The van der Waals surface area contributed by atoms with Crippen LogP contribution in [0, 0.1) is 17.7 Å². The lowest BCUT2D eigenvalue weighted by Crippen LogP contribution is -1.89. The van der Waals surface area contributed by atoms with Crippen molar-refractivity contribution in [2.75, 3.05) is 11.5 Å². The summed E-state index contributed by atoms with van der Waals surface area (Å²) in [7, 11) is 0. The molecule has 0 aliphatic carbocycles. The molecule has 1 aromatic rings. The Kier molecular flexibility index (Phi) is 4.19. The summed E-state index contributed by atoms with van der Waals surface area (Å²) in [5.41, 5.74) is 6.06. The van der Waals surface area contributed by atoms with Gasteiger partial charge in [-0.25, -0.2) is 4.39 Å². The zero-order chi connectivity index (χ0) is 11.3. The van der Waals surface area contributed by atoms with Gasteiger partial charge in [-0.3, -0.25) is 4.79 Å². The van der Waals surface area contributed by atoms with Crippen molar-refractivity contribution >= 4 is 22.6 Å². The van der Waals surface area contributed by atoms with Crippen LogP contribution >= 0.6 is 11.8 Å². The van der Waals surface area contributed by atoms with Gasteiger partial charge in [-0.15, -0.1) is 0 Å². The minimum Gasteiger partial charge on any atom is -0.399 e. The van der Waals surface area contributed by atoms with E-state index in [0.29, 0.717) is 17.0 Å². The van der Waals surface area contributed by atoms with Crippen LogP contribution in [0.1, 0.15) is 12.5 Å². The summed E-state index contributed by atoms with van der Waals surface area (Å²) < 4.78 is 13.2. The number of thioether (sulfide) groups is 1. The molecule has 1 aromatic carbocycles. The molecule has 0 spiro atoms. The second-order valence-corrected chi connectivity index (χ2v) is 3.97. The summed E-state index contributed by atoms with van der Waals surface area (Å²) in [6.07, 6.45) is 0. The van der Waals surface area contributed by atoms with E-state index < -0.39 is 5.82 Å². The summed E-state index contributed by atoms with van der Waals surface area (Å²) in [6, 6.07) is 4.34. The van der Waals surface area contributed by atoms with Crippen LogP contribution in [-0.4, -0.2) is 10.9 Å². The summed E-state index contributed by atoms with van der Waals surface area (Å²) >= 11 is 1.10. The first kappa shape index (κ1) is 11.6. The molecule has 1 rings (SSSR count). The average Bonchev–Trinajstić information content (AvgIpc) is 2.14. The number of benzene rings is 1. The Bertz CT molecular complexity index is 434. The van der Waals surface area contributed by atoms with Crippen molar-refractivity contribution in [1.82, 2.24) is 0 Å². The SMILES string of the molecule is CC(=O)SCC#Cc1ccc(N)cc1F. The fourth-order valence-electron chi connectivity index (χ4n) is 0.902. The lowest BCUT2D eigenvalue weighted by molar-refractivity contribution is -0.109. The highest BCUT2D eigenvalue weighted by atomic mass is 32.2. The first-order valence-corrected chi connectivity index (χ1v) is 5.25. The van der Waals surface area contributed by atoms with Crippen LogP contribution in [0.2, 0.25) is 0 Å². The smallest absolute Gasteiger partial charge is 0.186 e. The predicted octanol–water partition coefficient (Wildman–Crippen LogP) is 2.04. The van der Waals surface area contributed by atoms with Crippen LogP contribution in [0.5, 0.6) is 0 Å². The predicted molar refractivity (Wildman–Crippen MR) is 60.8 cm³/mol. The number of hydrogen-bond donors (Lipinski definition) is 1. The van der Waals surface area contributed by atoms with E-state index in [1.54, 1.807) is 6.07 Å². The van der Waals surface area contributed by atoms with Crippen molar-refractivity contribution in [2.24, 2.45) is 0 Å². The van der Waals surface area contributed by atoms with Gasteiger partial charge in [0.05, 0.1) is 11.3 Å². The van der Waals surface area contributed by atoms with Crippen LogP contribution in [0.25, 0.3) is 0 Å². The molecule has 0 saturated heterocycles. The Labute approximate surface area is 92.0 Å². The Hall–Kier alpha value is -1.47. The molecule has 2 N–H and O–H groups in total. The fourth-order valence-corrected chi connectivity index (χ4v) is 1.25. The van der Waals surface area contributed by atoms with Gasteiger partial charge in [0.1, 0.15) is 5.82 Å². The van der Waals surface area contributed by atoms with Crippen LogP contribution in [0.15, 0.2) is 18.2 Å². The highest BCUT2D eigenvalue weighted by Gasteiger charge is 1.98. The number of carbonyl (C=O) groups is 1. The van der Waals surface area contributed by atoms with Crippen LogP contribution in [-0.2, 0) is 4.79 Å². The first-order chi connectivity index (χ1) is 7.09. The van der Waals surface area contributed by atoms with Crippen LogP contribution in [0.3, 0.4) is 0 Å². The normalized spacial score (nSPS) is 9.20. The van der Waals surface area contributed by atoms with Gasteiger partial charge >= 0.3 is 0 Å². The molecule has 0 aromatic heterocycles. The topological polar surface area (TPSA) is 43.1 Å². The number of nitrogen functional groups attached to an aromatic ring is 1. The maximum Gasteiger partial charge on any atom is 0.186 e. The lowest BCUT2D eigenvalue weighted by atomic mass is 10.2. The summed E-state index contributed by atoms with van der Waals surface area (Å²) in [5.74, 6) is 5.29. The molecule has 0 bridgehead atoms. The summed E-state index contributed by atoms with van der Waals surface area (Å²) in [6.45, 7) is 1.47. The number of hydrogen-bond acceptors (Lipinski definition) is 3. The van der Waals surface area contributed by atoms with Gasteiger partial charge in [0.15, 0.2) is 5.12 Å². The number of halogens is 1.